The van der Waals surface area contributed by atoms with E-state index in [1.807, 2.05) is 6.92 Å². The highest BCUT2D eigenvalue weighted by molar-refractivity contribution is 9.10. The zero-order valence-electron chi connectivity index (χ0n) is 10.4. The number of halogens is 2. The molecule has 2 rings (SSSR count). The van der Waals surface area contributed by atoms with Crippen molar-refractivity contribution in [3.63, 3.8) is 0 Å². The molecule has 2 aromatic rings. The van der Waals surface area contributed by atoms with Crippen LogP contribution in [0.4, 0.5) is 10.1 Å². The van der Waals surface area contributed by atoms with E-state index in [4.69, 9.17) is 0 Å². The van der Waals surface area contributed by atoms with E-state index in [0.717, 1.165) is 17.8 Å². The number of aryl methyl sites for hydroxylation is 2. The second kappa shape index (κ2) is 5.53. The smallest absolute Gasteiger partial charge is 0.137 e. The lowest BCUT2D eigenvalue weighted by atomic mass is 10.1. The van der Waals surface area contributed by atoms with Crippen molar-refractivity contribution < 1.29 is 4.39 Å². The topological polar surface area (TPSA) is 12.0 Å². The summed E-state index contributed by atoms with van der Waals surface area (Å²) in [4.78, 5) is 0. The molecule has 0 heterocycles. The molecule has 1 N–H and O–H groups in total. The minimum Gasteiger partial charge on any atom is -0.381 e. The van der Waals surface area contributed by atoms with E-state index in [9.17, 15) is 4.39 Å². The highest BCUT2D eigenvalue weighted by atomic mass is 79.9. The Morgan fingerprint density at radius 2 is 1.78 bits per heavy atom. The van der Waals surface area contributed by atoms with E-state index in [1.54, 1.807) is 6.07 Å². The van der Waals surface area contributed by atoms with Crippen LogP contribution in [0.3, 0.4) is 0 Å². The van der Waals surface area contributed by atoms with Crippen LogP contribution in [-0.2, 0) is 6.54 Å². The number of rotatable bonds is 3. The van der Waals surface area contributed by atoms with Gasteiger partial charge in [-0.25, -0.2) is 4.39 Å². The molecule has 0 saturated heterocycles. The quantitative estimate of drug-likeness (QED) is 0.857. The second-order valence-corrected chi connectivity index (χ2v) is 5.27. The van der Waals surface area contributed by atoms with Crippen LogP contribution < -0.4 is 5.32 Å². The number of nitrogens with one attached hydrogen (secondary N) is 1. The van der Waals surface area contributed by atoms with Crippen LogP contribution in [0.25, 0.3) is 0 Å². The molecule has 0 aliphatic carbocycles. The van der Waals surface area contributed by atoms with Crippen molar-refractivity contribution in [3.8, 4) is 0 Å². The molecule has 0 aliphatic rings. The number of benzene rings is 2. The summed E-state index contributed by atoms with van der Waals surface area (Å²) in [5.74, 6) is -0.228. The Labute approximate surface area is 115 Å². The van der Waals surface area contributed by atoms with Gasteiger partial charge in [-0.15, -0.1) is 0 Å². The minimum absolute atomic E-state index is 0.228. The van der Waals surface area contributed by atoms with Crippen LogP contribution in [0, 0.1) is 19.7 Å². The summed E-state index contributed by atoms with van der Waals surface area (Å²) < 4.78 is 13.8. The SMILES string of the molecule is Cc1ccc(CNc2cc(Br)c(F)cc2C)cc1. The van der Waals surface area contributed by atoms with E-state index in [-0.39, 0.29) is 5.82 Å². The molecule has 0 unspecified atom stereocenters. The van der Waals surface area contributed by atoms with Gasteiger partial charge in [0.25, 0.3) is 0 Å². The highest BCUT2D eigenvalue weighted by Gasteiger charge is 2.04. The van der Waals surface area contributed by atoms with Gasteiger partial charge in [-0.3, -0.25) is 0 Å². The predicted octanol–water partition coefficient (Wildman–Crippen LogP) is 4.82. The van der Waals surface area contributed by atoms with Crippen molar-refractivity contribution in [2.24, 2.45) is 0 Å². The van der Waals surface area contributed by atoms with Crippen molar-refractivity contribution in [2.45, 2.75) is 20.4 Å². The van der Waals surface area contributed by atoms with Crippen LogP contribution in [0.5, 0.6) is 0 Å². The van der Waals surface area contributed by atoms with Gasteiger partial charge in [0.1, 0.15) is 5.82 Å². The number of hydrogen-bond acceptors (Lipinski definition) is 1. The van der Waals surface area contributed by atoms with Gasteiger partial charge >= 0.3 is 0 Å². The van der Waals surface area contributed by atoms with E-state index in [2.05, 4.69) is 52.4 Å². The van der Waals surface area contributed by atoms with Gasteiger partial charge in [-0.1, -0.05) is 29.8 Å². The lowest BCUT2D eigenvalue weighted by molar-refractivity contribution is 0.620. The largest absolute Gasteiger partial charge is 0.381 e. The van der Waals surface area contributed by atoms with Gasteiger partial charge in [0.2, 0.25) is 0 Å². The summed E-state index contributed by atoms with van der Waals surface area (Å²) >= 11 is 3.20. The zero-order chi connectivity index (χ0) is 13.1. The van der Waals surface area contributed by atoms with Crippen LogP contribution in [0.2, 0.25) is 0 Å². The monoisotopic (exact) mass is 307 g/mol. The molecule has 2 aromatic carbocycles. The van der Waals surface area contributed by atoms with Crippen molar-refractivity contribution in [3.05, 3.63) is 63.4 Å². The molecular weight excluding hydrogens is 293 g/mol. The van der Waals surface area contributed by atoms with Crippen LogP contribution in [0.1, 0.15) is 16.7 Å². The first-order valence-electron chi connectivity index (χ1n) is 5.81. The summed E-state index contributed by atoms with van der Waals surface area (Å²) in [6.45, 7) is 4.70. The summed E-state index contributed by atoms with van der Waals surface area (Å²) in [7, 11) is 0. The lowest BCUT2D eigenvalue weighted by Gasteiger charge is -2.11. The molecule has 94 valence electrons. The third kappa shape index (κ3) is 3.10. The Kier molecular flexibility index (Phi) is 4.02. The van der Waals surface area contributed by atoms with Crippen LogP contribution in [-0.4, -0.2) is 0 Å². The fourth-order valence-corrected chi connectivity index (χ4v) is 2.08. The van der Waals surface area contributed by atoms with Crippen molar-refractivity contribution in [2.75, 3.05) is 5.32 Å². The third-order valence-electron chi connectivity index (χ3n) is 2.87. The molecule has 3 heteroatoms. The maximum Gasteiger partial charge on any atom is 0.137 e. The Hall–Kier alpha value is -1.35. The standard InChI is InChI=1S/C15H15BrFN/c1-10-3-5-12(6-4-10)9-18-15-8-13(16)14(17)7-11(15)2/h3-8,18H,9H2,1-2H3. The van der Waals surface area contributed by atoms with Crippen molar-refractivity contribution in [1.82, 2.24) is 0 Å². The molecule has 0 aliphatic heterocycles. The molecular formula is C15H15BrFN. The average molecular weight is 308 g/mol. The normalized spacial score (nSPS) is 10.4. The van der Waals surface area contributed by atoms with Gasteiger partial charge in [0.15, 0.2) is 0 Å². The number of anilines is 1. The molecule has 0 radical (unpaired) electrons. The zero-order valence-corrected chi connectivity index (χ0v) is 12.0. The summed E-state index contributed by atoms with van der Waals surface area (Å²) in [6.07, 6.45) is 0. The summed E-state index contributed by atoms with van der Waals surface area (Å²) in [5.41, 5.74) is 4.31. The molecule has 1 nitrogen and oxygen atoms in total. The molecule has 0 atom stereocenters. The molecule has 0 aromatic heterocycles. The van der Waals surface area contributed by atoms with Crippen molar-refractivity contribution >= 4 is 21.6 Å². The molecule has 0 fully saturated rings. The molecule has 0 spiro atoms. The third-order valence-corrected chi connectivity index (χ3v) is 3.48. The van der Waals surface area contributed by atoms with Gasteiger partial charge in [-0.05, 0) is 53.0 Å². The maximum atomic E-state index is 13.3. The van der Waals surface area contributed by atoms with Gasteiger partial charge < -0.3 is 5.32 Å². The Balaban J connectivity index is 2.10. The van der Waals surface area contributed by atoms with Crippen molar-refractivity contribution in [1.29, 1.82) is 0 Å². The highest BCUT2D eigenvalue weighted by Crippen LogP contribution is 2.24. The predicted molar refractivity (Wildman–Crippen MR) is 77.3 cm³/mol. The molecule has 0 bridgehead atoms. The van der Waals surface area contributed by atoms with E-state index < -0.39 is 0 Å². The second-order valence-electron chi connectivity index (χ2n) is 4.42. The van der Waals surface area contributed by atoms with E-state index in [0.29, 0.717) is 4.47 Å². The molecule has 0 saturated carbocycles. The Morgan fingerprint density at radius 1 is 1.11 bits per heavy atom. The Morgan fingerprint density at radius 3 is 2.44 bits per heavy atom. The minimum atomic E-state index is -0.228. The van der Waals surface area contributed by atoms with Gasteiger partial charge in [0, 0.05) is 12.2 Å². The first-order chi connectivity index (χ1) is 8.56. The van der Waals surface area contributed by atoms with Crippen LogP contribution >= 0.6 is 15.9 Å². The lowest BCUT2D eigenvalue weighted by Crippen LogP contribution is -2.01. The van der Waals surface area contributed by atoms with Gasteiger partial charge in [-0.2, -0.15) is 0 Å². The van der Waals surface area contributed by atoms with Crippen LogP contribution in [0.15, 0.2) is 40.9 Å². The first-order valence-corrected chi connectivity index (χ1v) is 6.60. The number of hydrogen-bond donors (Lipinski definition) is 1. The maximum absolute atomic E-state index is 13.3. The fraction of sp³-hybridized carbons (Fsp3) is 0.200. The Bertz CT molecular complexity index is 549. The average Bonchev–Trinajstić information content (AvgIpc) is 2.34. The molecule has 0 amide bonds. The molecule has 18 heavy (non-hydrogen) atoms. The summed E-state index contributed by atoms with van der Waals surface area (Å²) in [6, 6.07) is 11.7. The van der Waals surface area contributed by atoms with E-state index >= 15 is 0 Å². The fourth-order valence-electron chi connectivity index (χ4n) is 1.74. The first kappa shape index (κ1) is 13.1. The van der Waals surface area contributed by atoms with E-state index in [1.165, 1.54) is 17.2 Å². The van der Waals surface area contributed by atoms with Gasteiger partial charge in [0.05, 0.1) is 4.47 Å². The summed E-state index contributed by atoms with van der Waals surface area (Å²) in [5, 5.41) is 3.32.